The molecule has 1 amide bonds. The molecule has 0 radical (unpaired) electrons. The molecule has 0 aromatic heterocycles. The van der Waals surface area contributed by atoms with Crippen LogP contribution in [0.15, 0.2) is 24.3 Å². The Morgan fingerprint density at radius 2 is 2.11 bits per heavy atom. The third kappa shape index (κ3) is 3.24. The van der Waals surface area contributed by atoms with E-state index in [4.69, 9.17) is 16.7 Å². The highest BCUT2D eigenvalue weighted by Crippen LogP contribution is 2.21. The Balaban J connectivity index is 2.02. The Morgan fingerprint density at radius 3 is 2.78 bits per heavy atom. The van der Waals surface area contributed by atoms with Gasteiger partial charge in [-0.15, -0.1) is 0 Å². The van der Waals surface area contributed by atoms with Gasteiger partial charge in [0.05, 0.1) is 0 Å². The highest BCUT2D eigenvalue weighted by Gasteiger charge is 2.23. The minimum Gasteiger partial charge on any atom is -0.396 e. The first kappa shape index (κ1) is 13.4. The molecule has 1 atom stereocenters. The molecule has 1 aromatic carbocycles. The number of hydrogen-bond donors (Lipinski definition) is 1. The second-order valence-electron chi connectivity index (χ2n) is 4.78. The van der Waals surface area contributed by atoms with Crippen LogP contribution in [0.2, 0.25) is 5.02 Å². The molecule has 1 aromatic rings. The maximum Gasteiger partial charge on any atom is 0.253 e. The normalized spacial score (nSPS) is 19.9. The molecule has 18 heavy (non-hydrogen) atoms. The lowest BCUT2D eigenvalue weighted by Gasteiger charge is -2.32. The standard InChI is InChI=1S/C14H18ClNO2/c15-13-5-3-12(4-6-13)14(18)16-8-1-2-11(10-16)7-9-17/h3-6,11,17H,1-2,7-10H2. The fourth-order valence-electron chi connectivity index (χ4n) is 2.44. The van der Waals surface area contributed by atoms with E-state index in [1.807, 2.05) is 4.90 Å². The van der Waals surface area contributed by atoms with Gasteiger partial charge in [-0.1, -0.05) is 11.6 Å². The number of aliphatic hydroxyl groups excluding tert-OH is 1. The van der Waals surface area contributed by atoms with Crippen molar-refractivity contribution in [1.29, 1.82) is 0 Å². The zero-order chi connectivity index (χ0) is 13.0. The Kier molecular flexibility index (Phi) is 4.61. The lowest BCUT2D eigenvalue weighted by atomic mass is 9.94. The van der Waals surface area contributed by atoms with Gasteiger partial charge in [0.15, 0.2) is 0 Å². The van der Waals surface area contributed by atoms with Crippen molar-refractivity contribution in [3.05, 3.63) is 34.9 Å². The Hall–Kier alpha value is -1.06. The van der Waals surface area contributed by atoms with Crippen LogP contribution in [0.4, 0.5) is 0 Å². The van der Waals surface area contributed by atoms with Crippen molar-refractivity contribution in [2.75, 3.05) is 19.7 Å². The molecule has 1 N–H and O–H groups in total. The van der Waals surface area contributed by atoms with Gasteiger partial charge < -0.3 is 10.0 Å². The Morgan fingerprint density at radius 1 is 1.39 bits per heavy atom. The van der Waals surface area contributed by atoms with Crippen LogP contribution in [0.25, 0.3) is 0 Å². The second-order valence-corrected chi connectivity index (χ2v) is 5.22. The second kappa shape index (κ2) is 6.21. The summed E-state index contributed by atoms with van der Waals surface area (Å²) in [6, 6.07) is 7.01. The average molecular weight is 268 g/mol. The van der Waals surface area contributed by atoms with Crippen LogP contribution in [0.1, 0.15) is 29.6 Å². The number of nitrogens with zero attached hydrogens (tertiary/aromatic N) is 1. The van der Waals surface area contributed by atoms with Gasteiger partial charge in [0, 0.05) is 30.3 Å². The summed E-state index contributed by atoms with van der Waals surface area (Å²) < 4.78 is 0. The quantitative estimate of drug-likeness (QED) is 0.914. The van der Waals surface area contributed by atoms with E-state index in [2.05, 4.69) is 0 Å². The molecule has 0 spiro atoms. The molecule has 0 aliphatic carbocycles. The Labute approximate surface area is 112 Å². The topological polar surface area (TPSA) is 40.5 Å². The highest BCUT2D eigenvalue weighted by molar-refractivity contribution is 6.30. The van der Waals surface area contributed by atoms with Crippen molar-refractivity contribution in [2.45, 2.75) is 19.3 Å². The Bertz CT molecular complexity index is 403. The highest BCUT2D eigenvalue weighted by atomic mass is 35.5. The molecule has 1 fully saturated rings. The van der Waals surface area contributed by atoms with Gasteiger partial charge in [0.25, 0.3) is 5.91 Å². The number of carbonyl (C=O) groups excluding carboxylic acids is 1. The van der Waals surface area contributed by atoms with Crippen LogP contribution in [-0.4, -0.2) is 35.6 Å². The molecule has 1 aliphatic heterocycles. The molecule has 0 saturated carbocycles. The van der Waals surface area contributed by atoms with Gasteiger partial charge in [-0.3, -0.25) is 4.79 Å². The number of hydrogen-bond acceptors (Lipinski definition) is 2. The summed E-state index contributed by atoms with van der Waals surface area (Å²) >= 11 is 5.81. The van der Waals surface area contributed by atoms with Crippen molar-refractivity contribution in [3.63, 3.8) is 0 Å². The number of likely N-dealkylation sites (tertiary alicyclic amines) is 1. The van der Waals surface area contributed by atoms with E-state index in [0.29, 0.717) is 16.5 Å². The van der Waals surface area contributed by atoms with Gasteiger partial charge >= 0.3 is 0 Å². The summed E-state index contributed by atoms with van der Waals surface area (Å²) in [5.41, 5.74) is 0.684. The van der Waals surface area contributed by atoms with E-state index in [1.165, 1.54) is 0 Å². The van der Waals surface area contributed by atoms with Crippen molar-refractivity contribution in [1.82, 2.24) is 4.90 Å². The van der Waals surface area contributed by atoms with Gasteiger partial charge in [0.1, 0.15) is 0 Å². The minimum atomic E-state index is 0.0642. The summed E-state index contributed by atoms with van der Waals surface area (Å²) in [5.74, 6) is 0.495. The van der Waals surface area contributed by atoms with Crippen molar-refractivity contribution >= 4 is 17.5 Å². The molecule has 4 heteroatoms. The molecule has 1 unspecified atom stereocenters. The van der Waals surface area contributed by atoms with E-state index in [-0.39, 0.29) is 12.5 Å². The summed E-state index contributed by atoms with van der Waals surface area (Å²) in [7, 11) is 0. The molecular formula is C14H18ClNO2. The van der Waals surface area contributed by atoms with Crippen LogP contribution < -0.4 is 0 Å². The first-order valence-corrected chi connectivity index (χ1v) is 6.74. The predicted molar refractivity (Wildman–Crippen MR) is 71.8 cm³/mol. The molecule has 1 aliphatic rings. The third-order valence-corrected chi connectivity index (χ3v) is 3.69. The fourth-order valence-corrected chi connectivity index (χ4v) is 2.57. The van der Waals surface area contributed by atoms with Gasteiger partial charge in [-0.2, -0.15) is 0 Å². The van der Waals surface area contributed by atoms with E-state index in [1.54, 1.807) is 24.3 Å². The van der Waals surface area contributed by atoms with E-state index in [0.717, 1.165) is 32.4 Å². The first-order chi connectivity index (χ1) is 8.70. The summed E-state index contributed by atoms with van der Waals surface area (Å²) in [5, 5.41) is 9.61. The third-order valence-electron chi connectivity index (χ3n) is 3.43. The monoisotopic (exact) mass is 267 g/mol. The van der Waals surface area contributed by atoms with Crippen molar-refractivity contribution < 1.29 is 9.90 Å². The van der Waals surface area contributed by atoms with Crippen LogP contribution in [0.5, 0.6) is 0 Å². The lowest BCUT2D eigenvalue weighted by Crippen LogP contribution is -2.40. The number of benzene rings is 1. The largest absolute Gasteiger partial charge is 0.396 e. The maximum absolute atomic E-state index is 12.3. The average Bonchev–Trinajstić information content (AvgIpc) is 2.39. The van der Waals surface area contributed by atoms with Crippen LogP contribution in [0.3, 0.4) is 0 Å². The molecule has 3 nitrogen and oxygen atoms in total. The van der Waals surface area contributed by atoms with Gasteiger partial charge in [-0.05, 0) is 49.4 Å². The maximum atomic E-state index is 12.3. The fraction of sp³-hybridized carbons (Fsp3) is 0.500. The molecule has 1 heterocycles. The minimum absolute atomic E-state index is 0.0642. The molecular weight excluding hydrogens is 250 g/mol. The molecule has 1 saturated heterocycles. The predicted octanol–water partition coefficient (Wildman–Crippen LogP) is 2.57. The van der Waals surface area contributed by atoms with E-state index < -0.39 is 0 Å². The number of carbonyl (C=O) groups is 1. The first-order valence-electron chi connectivity index (χ1n) is 6.36. The molecule has 2 rings (SSSR count). The number of halogens is 1. The number of amides is 1. The van der Waals surface area contributed by atoms with Crippen LogP contribution in [-0.2, 0) is 0 Å². The number of aliphatic hydroxyl groups is 1. The zero-order valence-corrected chi connectivity index (χ0v) is 11.1. The van der Waals surface area contributed by atoms with E-state index >= 15 is 0 Å². The molecule has 0 bridgehead atoms. The number of piperidine rings is 1. The number of rotatable bonds is 3. The van der Waals surface area contributed by atoms with Gasteiger partial charge in [-0.25, -0.2) is 0 Å². The summed E-state index contributed by atoms with van der Waals surface area (Å²) in [4.78, 5) is 14.2. The van der Waals surface area contributed by atoms with Gasteiger partial charge in [0.2, 0.25) is 0 Å². The zero-order valence-electron chi connectivity index (χ0n) is 10.3. The van der Waals surface area contributed by atoms with Crippen LogP contribution >= 0.6 is 11.6 Å². The summed E-state index contributed by atoms with van der Waals surface area (Å²) in [6.45, 7) is 1.76. The van der Waals surface area contributed by atoms with E-state index in [9.17, 15) is 4.79 Å². The van der Waals surface area contributed by atoms with Crippen LogP contribution in [0, 0.1) is 5.92 Å². The lowest BCUT2D eigenvalue weighted by molar-refractivity contribution is 0.0653. The molecule has 98 valence electrons. The SMILES string of the molecule is O=C(c1ccc(Cl)cc1)N1CCCC(CCO)C1. The summed E-state index contributed by atoms with van der Waals surface area (Å²) in [6.07, 6.45) is 2.90. The van der Waals surface area contributed by atoms with Crippen molar-refractivity contribution in [3.8, 4) is 0 Å². The van der Waals surface area contributed by atoms with Crippen molar-refractivity contribution in [2.24, 2.45) is 5.92 Å². The smallest absolute Gasteiger partial charge is 0.253 e.